The van der Waals surface area contributed by atoms with Crippen LogP contribution in [-0.2, 0) is 0 Å². The molecule has 3 nitrogen and oxygen atoms in total. The van der Waals surface area contributed by atoms with Gasteiger partial charge in [-0.2, -0.15) is 0 Å². The number of anilines is 1. The van der Waals surface area contributed by atoms with Crippen molar-refractivity contribution in [3.63, 3.8) is 0 Å². The zero-order valence-corrected chi connectivity index (χ0v) is 9.09. The monoisotopic (exact) mass is 211 g/mol. The van der Waals surface area contributed by atoms with Gasteiger partial charge in [0.1, 0.15) is 0 Å². The molecule has 0 aliphatic carbocycles. The summed E-state index contributed by atoms with van der Waals surface area (Å²) in [7, 11) is 2.06. The molecule has 0 fully saturated rings. The third-order valence-electron chi connectivity index (χ3n) is 3.01. The number of dihydropyridines is 1. The van der Waals surface area contributed by atoms with E-state index in [1.807, 2.05) is 30.5 Å². The van der Waals surface area contributed by atoms with E-state index in [-0.39, 0.29) is 6.04 Å². The number of rotatable bonds is 0. The smallest absolute Gasteiger partial charge is 0.0898 e. The summed E-state index contributed by atoms with van der Waals surface area (Å²) in [6.45, 7) is 0. The van der Waals surface area contributed by atoms with Crippen molar-refractivity contribution in [2.75, 3.05) is 12.8 Å². The van der Waals surface area contributed by atoms with Gasteiger partial charge in [-0.1, -0.05) is 12.1 Å². The highest BCUT2D eigenvalue weighted by Crippen LogP contribution is 2.17. The summed E-state index contributed by atoms with van der Waals surface area (Å²) < 4.78 is 0. The third-order valence-corrected chi connectivity index (χ3v) is 3.01. The Morgan fingerprint density at radius 3 is 3.12 bits per heavy atom. The highest BCUT2D eigenvalue weighted by molar-refractivity contribution is 5.81. The van der Waals surface area contributed by atoms with E-state index in [9.17, 15) is 0 Å². The lowest BCUT2D eigenvalue weighted by molar-refractivity contribution is 0.477. The summed E-state index contributed by atoms with van der Waals surface area (Å²) >= 11 is 0. The van der Waals surface area contributed by atoms with Crippen LogP contribution in [0.5, 0.6) is 0 Å². The number of likely N-dealkylation sites (N-methyl/N-ethyl adjacent to an activating group) is 1. The average Bonchev–Trinajstić information content (AvgIpc) is 2.29. The van der Waals surface area contributed by atoms with E-state index < -0.39 is 0 Å². The number of hydrogen-bond acceptors (Lipinski definition) is 3. The third kappa shape index (κ3) is 1.25. The van der Waals surface area contributed by atoms with Gasteiger partial charge < -0.3 is 10.6 Å². The van der Waals surface area contributed by atoms with Crippen molar-refractivity contribution in [1.82, 2.24) is 4.90 Å². The summed E-state index contributed by atoms with van der Waals surface area (Å²) in [6, 6.07) is 6.22. The Balaban J connectivity index is 2.39. The number of nitrogen functional groups attached to an aromatic ring is 1. The second-order valence-corrected chi connectivity index (χ2v) is 4.13. The highest BCUT2D eigenvalue weighted by Gasteiger charge is 2.19. The van der Waals surface area contributed by atoms with E-state index in [1.165, 1.54) is 5.22 Å². The van der Waals surface area contributed by atoms with E-state index in [0.29, 0.717) is 0 Å². The lowest BCUT2D eigenvalue weighted by atomic mass is 10.0. The zero-order valence-electron chi connectivity index (χ0n) is 9.09. The molecule has 0 spiro atoms. The van der Waals surface area contributed by atoms with Crippen LogP contribution in [0.4, 0.5) is 5.69 Å². The molecule has 0 amide bonds. The van der Waals surface area contributed by atoms with Gasteiger partial charge in [0, 0.05) is 35.6 Å². The van der Waals surface area contributed by atoms with Gasteiger partial charge in [-0.3, -0.25) is 4.99 Å². The zero-order chi connectivity index (χ0) is 11.1. The Labute approximate surface area is 93.9 Å². The first-order valence-corrected chi connectivity index (χ1v) is 5.30. The molecule has 3 rings (SSSR count). The van der Waals surface area contributed by atoms with Crippen LogP contribution in [0.15, 0.2) is 35.3 Å². The number of nitrogens with zero attached hydrogens (tertiary/aromatic N) is 2. The first-order valence-electron chi connectivity index (χ1n) is 5.30. The van der Waals surface area contributed by atoms with Crippen molar-refractivity contribution >= 4 is 23.8 Å². The Hall–Kier alpha value is -2.03. The van der Waals surface area contributed by atoms with E-state index in [4.69, 9.17) is 5.73 Å². The number of aliphatic imine (C=N–C) groups is 1. The van der Waals surface area contributed by atoms with E-state index in [2.05, 4.69) is 29.2 Å². The van der Waals surface area contributed by atoms with Gasteiger partial charge >= 0.3 is 0 Å². The summed E-state index contributed by atoms with van der Waals surface area (Å²) in [4.78, 5) is 6.63. The molecule has 1 aromatic carbocycles. The molecule has 16 heavy (non-hydrogen) atoms. The molecular formula is C13H13N3. The van der Waals surface area contributed by atoms with Crippen molar-refractivity contribution in [3.8, 4) is 0 Å². The van der Waals surface area contributed by atoms with Crippen LogP contribution < -0.4 is 16.2 Å². The SMILES string of the molecule is CN1C=c2cc(N)ccc2=C2N=CC=CC21. The van der Waals surface area contributed by atoms with Crippen LogP contribution in [-0.4, -0.2) is 24.2 Å². The quantitative estimate of drug-likeness (QED) is 0.617. The molecule has 1 atom stereocenters. The molecule has 0 aromatic heterocycles. The Bertz CT molecular complexity index is 611. The summed E-state index contributed by atoms with van der Waals surface area (Å²) in [5.74, 6) is 0. The fourth-order valence-electron chi connectivity index (χ4n) is 2.22. The number of allylic oxidation sites excluding steroid dienone is 1. The minimum absolute atomic E-state index is 0.251. The Morgan fingerprint density at radius 2 is 2.25 bits per heavy atom. The van der Waals surface area contributed by atoms with Gasteiger partial charge in [0.15, 0.2) is 0 Å². The van der Waals surface area contributed by atoms with Gasteiger partial charge in [-0.15, -0.1) is 0 Å². The maximum Gasteiger partial charge on any atom is 0.0898 e. The fraction of sp³-hybridized carbons (Fsp3) is 0.154. The van der Waals surface area contributed by atoms with Crippen molar-refractivity contribution in [2.45, 2.75) is 6.04 Å². The van der Waals surface area contributed by atoms with E-state index >= 15 is 0 Å². The summed E-state index contributed by atoms with van der Waals surface area (Å²) in [5, 5.41) is 2.32. The molecular weight excluding hydrogens is 198 g/mol. The van der Waals surface area contributed by atoms with E-state index in [0.717, 1.165) is 16.6 Å². The predicted molar refractivity (Wildman–Crippen MR) is 67.2 cm³/mol. The fourth-order valence-corrected chi connectivity index (χ4v) is 2.22. The summed E-state index contributed by atoms with van der Waals surface area (Å²) in [5.41, 5.74) is 7.68. The van der Waals surface area contributed by atoms with E-state index in [1.54, 1.807) is 0 Å². The van der Waals surface area contributed by atoms with Crippen LogP contribution in [0.1, 0.15) is 0 Å². The molecule has 0 radical (unpaired) electrons. The largest absolute Gasteiger partial charge is 0.399 e. The predicted octanol–water partition coefficient (Wildman–Crippen LogP) is 0.0696. The van der Waals surface area contributed by atoms with Gasteiger partial charge in [0.25, 0.3) is 0 Å². The molecule has 0 saturated heterocycles. The number of hydrogen-bond donors (Lipinski definition) is 1. The number of nitrogens with two attached hydrogens (primary N) is 1. The van der Waals surface area contributed by atoms with Crippen molar-refractivity contribution < 1.29 is 0 Å². The Morgan fingerprint density at radius 1 is 1.38 bits per heavy atom. The number of fused-ring (bicyclic) bond motifs is 2. The summed E-state index contributed by atoms with van der Waals surface area (Å²) in [6.07, 6.45) is 8.09. The standard InChI is InChI=1S/C13H13N3/c1-16-8-9-7-10(14)4-5-11(9)13-12(16)3-2-6-15-13/h2-8,12H,14H2,1H3. The molecule has 3 heteroatoms. The van der Waals surface area contributed by atoms with Gasteiger partial charge in [-0.05, 0) is 18.2 Å². The van der Waals surface area contributed by atoms with Gasteiger partial charge in [-0.25, -0.2) is 0 Å². The molecule has 80 valence electrons. The minimum atomic E-state index is 0.251. The second kappa shape index (κ2) is 3.23. The molecule has 2 aliphatic rings. The average molecular weight is 211 g/mol. The first kappa shape index (κ1) is 9.21. The second-order valence-electron chi connectivity index (χ2n) is 4.13. The topological polar surface area (TPSA) is 41.6 Å². The maximum atomic E-state index is 5.80. The van der Waals surface area contributed by atoms with Crippen molar-refractivity contribution in [3.05, 3.63) is 40.8 Å². The lowest BCUT2D eigenvalue weighted by Crippen LogP contribution is -2.42. The first-order chi connectivity index (χ1) is 7.75. The minimum Gasteiger partial charge on any atom is -0.399 e. The van der Waals surface area contributed by atoms with Crippen LogP contribution >= 0.6 is 0 Å². The molecule has 1 unspecified atom stereocenters. The van der Waals surface area contributed by atoms with Crippen molar-refractivity contribution in [1.29, 1.82) is 0 Å². The molecule has 0 bridgehead atoms. The highest BCUT2D eigenvalue weighted by atomic mass is 15.1. The van der Waals surface area contributed by atoms with Gasteiger partial charge in [0.05, 0.1) is 11.7 Å². The van der Waals surface area contributed by atoms with Crippen LogP contribution in [0.25, 0.3) is 11.9 Å². The van der Waals surface area contributed by atoms with Crippen LogP contribution in [0, 0.1) is 0 Å². The molecule has 2 N–H and O–H groups in total. The molecule has 0 saturated carbocycles. The van der Waals surface area contributed by atoms with Crippen LogP contribution in [0.2, 0.25) is 0 Å². The Kier molecular flexibility index (Phi) is 1.86. The molecule has 2 aliphatic heterocycles. The molecule has 1 aromatic rings. The van der Waals surface area contributed by atoms with Crippen molar-refractivity contribution in [2.24, 2.45) is 4.99 Å². The van der Waals surface area contributed by atoms with Crippen LogP contribution in [0.3, 0.4) is 0 Å². The maximum absolute atomic E-state index is 5.80. The van der Waals surface area contributed by atoms with Gasteiger partial charge in [0.2, 0.25) is 0 Å². The number of benzene rings is 1. The molecule has 2 heterocycles. The lowest BCUT2D eigenvalue weighted by Gasteiger charge is -2.29. The normalized spacial score (nSPS) is 21.4.